The highest BCUT2D eigenvalue weighted by atomic mass is 16.4. The smallest absolute Gasteiger partial charge is 0.322 e. The van der Waals surface area contributed by atoms with Crippen LogP contribution >= 0.6 is 0 Å². The van der Waals surface area contributed by atoms with Crippen molar-refractivity contribution in [2.75, 3.05) is 31.5 Å². The Morgan fingerprint density at radius 2 is 1.88 bits per heavy atom. The summed E-state index contributed by atoms with van der Waals surface area (Å²) in [7, 11) is 0. The molecule has 1 unspecified atom stereocenters. The molecule has 0 saturated carbocycles. The maximum atomic E-state index is 12.0. The van der Waals surface area contributed by atoms with Crippen molar-refractivity contribution in [1.29, 1.82) is 0 Å². The molecular formula is C17H24N4O4. The number of carboxylic acid groups (broad SMARTS) is 1. The highest BCUT2D eigenvalue weighted by molar-refractivity contribution is 5.89. The fourth-order valence-electron chi connectivity index (χ4n) is 2.82. The molecule has 1 saturated heterocycles. The summed E-state index contributed by atoms with van der Waals surface area (Å²) in [6.07, 6.45) is 2.91. The summed E-state index contributed by atoms with van der Waals surface area (Å²) in [5.74, 6) is -1.38. The summed E-state index contributed by atoms with van der Waals surface area (Å²) in [5, 5.41) is 16.6. The van der Waals surface area contributed by atoms with Crippen LogP contribution in [0.3, 0.4) is 0 Å². The molecule has 1 aliphatic heterocycles. The first-order valence-corrected chi connectivity index (χ1v) is 8.37. The molecule has 8 heteroatoms. The summed E-state index contributed by atoms with van der Waals surface area (Å²) in [4.78, 5) is 36.3. The maximum absolute atomic E-state index is 12.0. The lowest BCUT2D eigenvalue weighted by Gasteiger charge is -2.35. The SMILES string of the molecule is O=C(O)CNC(=O)CN1CCCCC1CNC(=O)Nc1ccccc1. The highest BCUT2D eigenvalue weighted by Gasteiger charge is 2.24. The molecule has 1 aliphatic rings. The van der Waals surface area contributed by atoms with Crippen molar-refractivity contribution in [2.24, 2.45) is 0 Å². The van der Waals surface area contributed by atoms with Gasteiger partial charge in [-0.05, 0) is 31.5 Å². The summed E-state index contributed by atoms with van der Waals surface area (Å²) < 4.78 is 0. The number of anilines is 1. The van der Waals surface area contributed by atoms with Gasteiger partial charge in [0.1, 0.15) is 6.54 Å². The monoisotopic (exact) mass is 348 g/mol. The number of urea groups is 1. The second-order valence-electron chi connectivity index (χ2n) is 5.99. The molecule has 25 heavy (non-hydrogen) atoms. The number of carbonyl (C=O) groups excluding carboxylic acids is 2. The summed E-state index contributed by atoms with van der Waals surface area (Å²) in [5.41, 5.74) is 0.716. The largest absolute Gasteiger partial charge is 0.480 e. The van der Waals surface area contributed by atoms with Gasteiger partial charge in [0.2, 0.25) is 5.91 Å². The van der Waals surface area contributed by atoms with Gasteiger partial charge in [-0.15, -0.1) is 0 Å². The van der Waals surface area contributed by atoms with Gasteiger partial charge in [0.25, 0.3) is 0 Å². The first-order chi connectivity index (χ1) is 12.0. The van der Waals surface area contributed by atoms with Crippen molar-refractivity contribution in [1.82, 2.24) is 15.5 Å². The fourth-order valence-corrected chi connectivity index (χ4v) is 2.82. The first-order valence-electron chi connectivity index (χ1n) is 8.37. The topological polar surface area (TPSA) is 111 Å². The molecule has 0 spiro atoms. The Morgan fingerprint density at radius 1 is 1.12 bits per heavy atom. The number of rotatable bonds is 7. The van der Waals surface area contributed by atoms with Gasteiger partial charge >= 0.3 is 12.0 Å². The Kier molecular flexibility index (Phi) is 7.21. The standard InChI is InChI=1S/C17H24N4O4/c22-15(18-11-16(23)24)12-21-9-5-4-8-14(21)10-19-17(25)20-13-6-2-1-3-7-13/h1-3,6-7,14H,4-5,8-12H2,(H,18,22)(H,23,24)(H2,19,20,25). The molecule has 0 aromatic heterocycles. The molecule has 1 aromatic rings. The van der Waals surface area contributed by atoms with E-state index in [0.29, 0.717) is 12.2 Å². The lowest BCUT2D eigenvalue weighted by atomic mass is 10.0. The van der Waals surface area contributed by atoms with Crippen LogP contribution in [0.5, 0.6) is 0 Å². The number of likely N-dealkylation sites (tertiary alicyclic amines) is 1. The van der Waals surface area contributed by atoms with Crippen LogP contribution in [0.4, 0.5) is 10.5 Å². The fraction of sp³-hybridized carbons (Fsp3) is 0.471. The molecule has 4 N–H and O–H groups in total. The second-order valence-corrected chi connectivity index (χ2v) is 5.99. The van der Waals surface area contributed by atoms with E-state index >= 15 is 0 Å². The molecular weight excluding hydrogens is 324 g/mol. The maximum Gasteiger partial charge on any atom is 0.322 e. The normalized spacial score (nSPS) is 17.5. The van der Waals surface area contributed by atoms with Crippen molar-refractivity contribution >= 4 is 23.6 Å². The lowest BCUT2D eigenvalue weighted by molar-refractivity contribution is -0.138. The highest BCUT2D eigenvalue weighted by Crippen LogP contribution is 2.16. The number of hydrogen-bond donors (Lipinski definition) is 4. The summed E-state index contributed by atoms with van der Waals surface area (Å²) >= 11 is 0. The number of benzene rings is 1. The van der Waals surface area contributed by atoms with Crippen LogP contribution in [0.1, 0.15) is 19.3 Å². The molecule has 0 radical (unpaired) electrons. The van der Waals surface area contributed by atoms with E-state index in [0.717, 1.165) is 25.8 Å². The third kappa shape index (κ3) is 6.80. The summed E-state index contributed by atoms with van der Waals surface area (Å²) in [6.45, 7) is 0.951. The van der Waals surface area contributed by atoms with Crippen LogP contribution < -0.4 is 16.0 Å². The van der Waals surface area contributed by atoms with E-state index < -0.39 is 5.97 Å². The Balaban J connectivity index is 1.78. The summed E-state index contributed by atoms with van der Waals surface area (Å²) in [6, 6.07) is 8.94. The van der Waals surface area contributed by atoms with E-state index in [1.54, 1.807) is 12.1 Å². The molecule has 0 aliphatic carbocycles. The molecule has 1 fully saturated rings. The first kappa shape index (κ1) is 18.7. The minimum atomic E-state index is -1.07. The number of hydrogen-bond acceptors (Lipinski definition) is 4. The Labute approximate surface area is 146 Å². The predicted octanol–water partition coefficient (Wildman–Crippen LogP) is 0.863. The molecule has 1 heterocycles. The Morgan fingerprint density at radius 3 is 2.60 bits per heavy atom. The van der Waals surface area contributed by atoms with E-state index in [9.17, 15) is 14.4 Å². The van der Waals surface area contributed by atoms with Crippen molar-refractivity contribution < 1.29 is 19.5 Å². The Hall–Kier alpha value is -2.61. The van der Waals surface area contributed by atoms with Gasteiger partial charge in [-0.3, -0.25) is 14.5 Å². The molecule has 8 nitrogen and oxygen atoms in total. The average Bonchev–Trinajstić information content (AvgIpc) is 2.60. The van der Waals surface area contributed by atoms with E-state index in [2.05, 4.69) is 16.0 Å². The van der Waals surface area contributed by atoms with Crippen molar-refractivity contribution in [2.45, 2.75) is 25.3 Å². The zero-order valence-electron chi connectivity index (χ0n) is 14.0. The Bertz CT molecular complexity index is 594. The van der Waals surface area contributed by atoms with Crippen LogP contribution in [0.2, 0.25) is 0 Å². The van der Waals surface area contributed by atoms with Crippen molar-refractivity contribution in [3.63, 3.8) is 0 Å². The number of para-hydroxylation sites is 1. The van der Waals surface area contributed by atoms with Crippen LogP contribution in [-0.2, 0) is 9.59 Å². The lowest BCUT2D eigenvalue weighted by Crippen LogP contribution is -2.51. The van der Waals surface area contributed by atoms with Gasteiger partial charge in [0, 0.05) is 18.3 Å². The second kappa shape index (κ2) is 9.63. The predicted molar refractivity (Wildman–Crippen MR) is 93.3 cm³/mol. The average molecular weight is 348 g/mol. The molecule has 136 valence electrons. The van der Waals surface area contributed by atoms with Gasteiger partial charge in [0.05, 0.1) is 6.54 Å². The third-order valence-corrected chi connectivity index (χ3v) is 4.06. The number of nitrogens with zero attached hydrogens (tertiary/aromatic N) is 1. The van der Waals surface area contributed by atoms with Gasteiger partial charge in [-0.25, -0.2) is 4.79 Å². The van der Waals surface area contributed by atoms with E-state index in [4.69, 9.17) is 5.11 Å². The number of nitrogens with one attached hydrogen (secondary N) is 3. The molecule has 2 rings (SSSR count). The number of piperidine rings is 1. The van der Waals surface area contributed by atoms with Gasteiger partial charge in [-0.1, -0.05) is 24.6 Å². The zero-order chi connectivity index (χ0) is 18.1. The third-order valence-electron chi connectivity index (χ3n) is 4.06. The number of carboxylic acids is 1. The van der Waals surface area contributed by atoms with Crippen LogP contribution in [0.15, 0.2) is 30.3 Å². The molecule has 0 bridgehead atoms. The molecule has 1 aromatic carbocycles. The van der Waals surface area contributed by atoms with Crippen molar-refractivity contribution in [3.8, 4) is 0 Å². The van der Waals surface area contributed by atoms with Gasteiger partial charge < -0.3 is 21.1 Å². The van der Waals surface area contributed by atoms with Gasteiger partial charge in [-0.2, -0.15) is 0 Å². The number of amides is 3. The minimum Gasteiger partial charge on any atom is -0.480 e. The number of carbonyl (C=O) groups is 3. The van der Waals surface area contributed by atoms with E-state index in [-0.39, 0.29) is 31.1 Å². The van der Waals surface area contributed by atoms with Crippen LogP contribution in [-0.4, -0.2) is 60.1 Å². The van der Waals surface area contributed by atoms with Crippen LogP contribution in [0.25, 0.3) is 0 Å². The molecule has 3 amide bonds. The molecule has 1 atom stereocenters. The minimum absolute atomic E-state index is 0.0610. The number of aliphatic carboxylic acids is 1. The van der Waals surface area contributed by atoms with Gasteiger partial charge in [0.15, 0.2) is 0 Å². The van der Waals surface area contributed by atoms with Crippen molar-refractivity contribution in [3.05, 3.63) is 30.3 Å². The van der Waals surface area contributed by atoms with Crippen LogP contribution in [0, 0.1) is 0 Å². The van der Waals surface area contributed by atoms with E-state index in [1.807, 2.05) is 23.1 Å². The quantitative estimate of drug-likeness (QED) is 0.584. The van der Waals surface area contributed by atoms with E-state index in [1.165, 1.54) is 0 Å². The zero-order valence-corrected chi connectivity index (χ0v) is 14.0.